The van der Waals surface area contributed by atoms with Crippen molar-refractivity contribution >= 4 is 29.3 Å². The Kier molecular flexibility index (Phi) is 7.08. The van der Waals surface area contributed by atoms with Gasteiger partial charge in [0.2, 0.25) is 5.91 Å². The fourth-order valence-electron chi connectivity index (χ4n) is 2.72. The molecular weight excluding hydrogens is 396 g/mol. The zero-order valence-electron chi connectivity index (χ0n) is 15.5. The number of rotatable bonds is 9. The minimum absolute atomic E-state index is 0.429. The van der Waals surface area contributed by atoms with Gasteiger partial charge in [0, 0.05) is 37.1 Å². The molecular formula is C20H21ClN4O2S. The Labute approximate surface area is 173 Å². The summed E-state index contributed by atoms with van der Waals surface area (Å²) < 4.78 is 7.26. The summed E-state index contributed by atoms with van der Waals surface area (Å²) >= 11 is 7.95. The van der Waals surface area contributed by atoms with Gasteiger partial charge in [-0.15, -0.1) is 10.2 Å². The molecule has 8 heteroatoms. The van der Waals surface area contributed by atoms with Crippen LogP contribution in [0.15, 0.2) is 53.7 Å². The van der Waals surface area contributed by atoms with E-state index in [9.17, 15) is 4.79 Å². The van der Waals surface area contributed by atoms with Crippen molar-refractivity contribution in [1.82, 2.24) is 14.8 Å². The average Bonchev–Trinajstić information content (AvgIpc) is 3.10. The maximum absolute atomic E-state index is 11.2. The monoisotopic (exact) mass is 416 g/mol. The largest absolute Gasteiger partial charge is 0.385 e. The molecule has 0 radical (unpaired) electrons. The third-order valence-electron chi connectivity index (χ3n) is 4.17. The molecule has 0 aliphatic carbocycles. The van der Waals surface area contributed by atoms with Gasteiger partial charge in [-0.2, -0.15) is 0 Å². The third kappa shape index (κ3) is 4.92. The van der Waals surface area contributed by atoms with E-state index >= 15 is 0 Å². The Morgan fingerprint density at radius 3 is 2.61 bits per heavy atom. The molecule has 2 aromatic carbocycles. The molecule has 146 valence electrons. The summed E-state index contributed by atoms with van der Waals surface area (Å²) in [5.41, 5.74) is 7.71. The number of carbonyl (C=O) groups is 1. The Balaban J connectivity index is 1.81. The molecule has 1 heterocycles. The van der Waals surface area contributed by atoms with Crippen LogP contribution in [0.2, 0.25) is 5.02 Å². The standard InChI is InChI=1S/C20H21ClN4O2S/c1-27-12-4-11-25-19(16-5-2-3-6-17(16)21)23-24-20(25)28-13-14-7-9-15(10-8-14)18(22)26/h2-3,5-10H,4,11-13H2,1H3,(H2,22,26). The molecule has 0 aliphatic heterocycles. The number of nitrogens with zero attached hydrogens (tertiary/aromatic N) is 3. The van der Waals surface area contributed by atoms with Crippen molar-refractivity contribution in [1.29, 1.82) is 0 Å². The molecule has 0 atom stereocenters. The second-order valence-electron chi connectivity index (χ2n) is 6.13. The van der Waals surface area contributed by atoms with Gasteiger partial charge in [0.15, 0.2) is 11.0 Å². The van der Waals surface area contributed by atoms with Crippen molar-refractivity contribution in [2.45, 2.75) is 23.9 Å². The number of benzene rings is 2. The molecule has 0 unspecified atom stereocenters. The molecule has 0 bridgehead atoms. The molecule has 1 amide bonds. The first-order chi connectivity index (χ1) is 13.6. The van der Waals surface area contributed by atoms with Gasteiger partial charge in [-0.3, -0.25) is 4.79 Å². The lowest BCUT2D eigenvalue weighted by atomic mass is 10.1. The van der Waals surface area contributed by atoms with E-state index < -0.39 is 5.91 Å². The van der Waals surface area contributed by atoms with Crippen LogP contribution in [-0.2, 0) is 17.0 Å². The van der Waals surface area contributed by atoms with E-state index in [1.807, 2.05) is 36.4 Å². The van der Waals surface area contributed by atoms with E-state index in [1.165, 1.54) is 0 Å². The van der Waals surface area contributed by atoms with E-state index in [0.29, 0.717) is 22.9 Å². The number of primary amides is 1. The van der Waals surface area contributed by atoms with Crippen LogP contribution in [0.5, 0.6) is 0 Å². The van der Waals surface area contributed by atoms with Gasteiger partial charge < -0.3 is 15.0 Å². The molecule has 6 nitrogen and oxygen atoms in total. The maximum Gasteiger partial charge on any atom is 0.248 e. The molecule has 1 aromatic heterocycles. The summed E-state index contributed by atoms with van der Waals surface area (Å²) in [4.78, 5) is 11.2. The summed E-state index contributed by atoms with van der Waals surface area (Å²) in [6.45, 7) is 1.38. The van der Waals surface area contributed by atoms with Gasteiger partial charge in [0.05, 0.1) is 5.02 Å². The highest BCUT2D eigenvalue weighted by atomic mass is 35.5. The summed E-state index contributed by atoms with van der Waals surface area (Å²) in [5.74, 6) is 1.01. The zero-order chi connectivity index (χ0) is 19.9. The van der Waals surface area contributed by atoms with Crippen LogP contribution >= 0.6 is 23.4 Å². The first-order valence-electron chi connectivity index (χ1n) is 8.78. The third-order valence-corrected chi connectivity index (χ3v) is 5.54. The summed E-state index contributed by atoms with van der Waals surface area (Å²) in [6, 6.07) is 14.9. The van der Waals surface area contributed by atoms with Gasteiger partial charge in [0.1, 0.15) is 0 Å². The first-order valence-corrected chi connectivity index (χ1v) is 10.1. The molecule has 28 heavy (non-hydrogen) atoms. The van der Waals surface area contributed by atoms with E-state index in [-0.39, 0.29) is 0 Å². The molecule has 2 N–H and O–H groups in total. The van der Waals surface area contributed by atoms with Crippen LogP contribution in [0.3, 0.4) is 0 Å². The smallest absolute Gasteiger partial charge is 0.248 e. The second kappa shape index (κ2) is 9.73. The highest BCUT2D eigenvalue weighted by Crippen LogP contribution is 2.30. The lowest BCUT2D eigenvalue weighted by Crippen LogP contribution is -2.10. The predicted molar refractivity (Wildman–Crippen MR) is 111 cm³/mol. The van der Waals surface area contributed by atoms with Crippen LogP contribution in [0.4, 0.5) is 0 Å². The van der Waals surface area contributed by atoms with Gasteiger partial charge in [-0.05, 0) is 36.2 Å². The lowest BCUT2D eigenvalue weighted by Gasteiger charge is -2.11. The Hall–Kier alpha value is -2.35. The van der Waals surface area contributed by atoms with E-state index in [0.717, 1.165) is 35.1 Å². The van der Waals surface area contributed by atoms with Gasteiger partial charge >= 0.3 is 0 Å². The number of carbonyl (C=O) groups excluding carboxylic acids is 1. The van der Waals surface area contributed by atoms with Crippen molar-refractivity contribution in [2.24, 2.45) is 5.73 Å². The van der Waals surface area contributed by atoms with Crippen LogP contribution in [0.1, 0.15) is 22.3 Å². The molecule has 0 fully saturated rings. The number of hydrogen-bond donors (Lipinski definition) is 1. The molecule has 0 spiro atoms. The number of hydrogen-bond acceptors (Lipinski definition) is 5. The van der Waals surface area contributed by atoms with Crippen LogP contribution in [-0.4, -0.2) is 34.4 Å². The van der Waals surface area contributed by atoms with Crippen molar-refractivity contribution in [2.75, 3.05) is 13.7 Å². The van der Waals surface area contributed by atoms with Crippen LogP contribution < -0.4 is 5.73 Å². The Morgan fingerprint density at radius 2 is 1.93 bits per heavy atom. The topological polar surface area (TPSA) is 83.0 Å². The number of methoxy groups -OCH3 is 1. The fraction of sp³-hybridized carbons (Fsp3) is 0.250. The Morgan fingerprint density at radius 1 is 1.18 bits per heavy atom. The summed E-state index contributed by atoms with van der Waals surface area (Å²) in [5, 5.41) is 10.2. The van der Waals surface area contributed by atoms with Crippen molar-refractivity contribution < 1.29 is 9.53 Å². The molecule has 0 saturated heterocycles. The predicted octanol–water partition coefficient (Wildman–Crippen LogP) is 4.03. The summed E-state index contributed by atoms with van der Waals surface area (Å²) in [7, 11) is 1.69. The van der Waals surface area contributed by atoms with Crippen molar-refractivity contribution in [3.8, 4) is 11.4 Å². The number of halogens is 1. The number of amides is 1. The number of aromatic nitrogens is 3. The van der Waals surface area contributed by atoms with E-state index in [4.69, 9.17) is 22.1 Å². The minimum Gasteiger partial charge on any atom is -0.385 e. The number of nitrogens with two attached hydrogens (primary N) is 1. The first kappa shape index (κ1) is 20.4. The number of thioether (sulfide) groups is 1. The van der Waals surface area contributed by atoms with E-state index in [1.54, 1.807) is 31.0 Å². The molecule has 3 aromatic rings. The number of ether oxygens (including phenoxy) is 1. The normalized spacial score (nSPS) is 10.9. The van der Waals surface area contributed by atoms with Gasteiger partial charge in [-0.1, -0.05) is 47.6 Å². The maximum atomic E-state index is 11.2. The highest BCUT2D eigenvalue weighted by molar-refractivity contribution is 7.98. The second-order valence-corrected chi connectivity index (χ2v) is 7.48. The van der Waals surface area contributed by atoms with Crippen LogP contribution in [0.25, 0.3) is 11.4 Å². The van der Waals surface area contributed by atoms with E-state index in [2.05, 4.69) is 14.8 Å². The molecule has 3 rings (SSSR count). The van der Waals surface area contributed by atoms with Crippen LogP contribution in [0, 0.1) is 0 Å². The zero-order valence-corrected chi connectivity index (χ0v) is 17.0. The van der Waals surface area contributed by atoms with Gasteiger partial charge in [-0.25, -0.2) is 0 Å². The lowest BCUT2D eigenvalue weighted by molar-refractivity contribution is 0.100. The summed E-state index contributed by atoms with van der Waals surface area (Å²) in [6.07, 6.45) is 0.840. The SMILES string of the molecule is COCCCn1c(SCc2ccc(C(N)=O)cc2)nnc1-c1ccccc1Cl. The quantitative estimate of drug-likeness (QED) is 0.420. The highest BCUT2D eigenvalue weighted by Gasteiger charge is 2.16. The fourth-order valence-corrected chi connectivity index (χ4v) is 3.86. The molecule has 0 saturated carbocycles. The molecule has 0 aliphatic rings. The Bertz CT molecular complexity index is 944. The van der Waals surface area contributed by atoms with Crippen molar-refractivity contribution in [3.05, 3.63) is 64.7 Å². The van der Waals surface area contributed by atoms with Gasteiger partial charge in [0.25, 0.3) is 0 Å². The minimum atomic E-state index is -0.429. The average molecular weight is 417 g/mol. The van der Waals surface area contributed by atoms with Crippen molar-refractivity contribution in [3.63, 3.8) is 0 Å².